The Morgan fingerprint density at radius 3 is 3.04 bits per heavy atom. The summed E-state index contributed by atoms with van der Waals surface area (Å²) in [5.74, 6) is 2.44. The van der Waals surface area contributed by atoms with Gasteiger partial charge in [0.2, 0.25) is 5.82 Å². The van der Waals surface area contributed by atoms with Crippen LogP contribution in [0.5, 0.6) is 0 Å². The molecule has 0 saturated heterocycles. The number of aromatic nitrogens is 5. The molecule has 4 aromatic rings. The van der Waals surface area contributed by atoms with Crippen LogP contribution in [0.4, 0.5) is 0 Å². The van der Waals surface area contributed by atoms with E-state index >= 15 is 0 Å². The molecule has 0 fully saturated rings. The van der Waals surface area contributed by atoms with E-state index in [1.165, 1.54) is 4.40 Å². The number of hydrogen-bond donors (Lipinski definition) is 1. The summed E-state index contributed by atoms with van der Waals surface area (Å²) in [6, 6.07) is 5.43. The Labute approximate surface area is 136 Å². The summed E-state index contributed by atoms with van der Waals surface area (Å²) in [5.41, 5.74) is 1.67. The first-order valence-corrected chi connectivity index (χ1v) is 7.66. The quantitative estimate of drug-likeness (QED) is 0.618. The van der Waals surface area contributed by atoms with Crippen LogP contribution >= 0.6 is 0 Å². The number of furan rings is 1. The monoisotopic (exact) mass is 325 g/mol. The van der Waals surface area contributed by atoms with E-state index in [4.69, 9.17) is 8.94 Å². The molecule has 0 aliphatic rings. The molecule has 1 N–H and O–H groups in total. The highest BCUT2D eigenvalue weighted by Crippen LogP contribution is 2.28. The summed E-state index contributed by atoms with van der Waals surface area (Å²) in [6.07, 6.45) is 3.49. The molecule has 0 spiro atoms. The van der Waals surface area contributed by atoms with Crippen LogP contribution in [0.3, 0.4) is 0 Å². The van der Waals surface area contributed by atoms with Gasteiger partial charge in [-0.15, -0.1) is 0 Å². The second-order valence-electron chi connectivity index (χ2n) is 5.53. The summed E-state index contributed by atoms with van der Waals surface area (Å²) in [7, 11) is 0. The van der Waals surface area contributed by atoms with E-state index in [1.807, 2.05) is 13.0 Å². The first-order valence-electron chi connectivity index (χ1n) is 7.66. The third-order valence-electron chi connectivity index (χ3n) is 3.79. The van der Waals surface area contributed by atoms with Crippen molar-refractivity contribution in [2.45, 2.75) is 26.7 Å². The first kappa shape index (κ1) is 14.4. The lowest BCUT2D eigenvalue weighted by atomic mass is 10.2. The van der Waals surface area contributed by atoms with Gasteiger partial charge in [0.25, 0.3) is 5.89 Å². The zero-order chi connectivity index (χ0) is 16.7. The minimum Gasteiger partial charge on any atom is -0.466 e. The SMILES string of the molecule is CCCc1cc(-c2nc(-c3ccc4n[nH]c(=O)n4c3)no2)c(C)o1. The Morgan fingerprint density at radius 1 is 1.33 bits per heavy atom. The van der Waals surface area contributed by atoms with Crippen LogP contribution in [-0.4, -0.2) is 24.7 Å². The fourth-order valence-electron chi connectivity index (χ4n) is 2.61. The fraction of sp³-hybridized carbons (Fsp3) is 0.250. The number of rotatable bonds is 4. The molecular formula is C16H15N5O3. The van der Waals surface area contributed by atoms with E-state index in [0.29, 0.717) is 22.9 Å². The van der Waals surface area contributed by atoms with Gasteiger partial charge < -0.3 is 8.94 Å². The highest BCUT2D eigenvalue weighted by Gasteiger charge is 2.17. The van der Waals surface area contributed by atoms with Crippen molar-refractivity contribution >= 4 is 5.65 Å². The smallest absolute Gasteiger partial charge is 0.347 e. The lowest BCUT2D eigenvalue weighted by Crippen LogP contribution is -2.08. The highest BCUT2D eigenvalue weighted by atomic mass is 16.5. The van der Waals surface area contributed by atoms with Crippen molar-refractivity contribution < 1.29 is 8.94 Å². The molecule has 4 heterocycles. The molecule has 0 aliphatic heterocycles. The van der Waals surface area contributed by atoms with Gasteiger partial charge in [0.05, 0.1) is 5.56 Å². The highest BCUT2D eigenvalue weighted by molar-refractivity contribution is 5.62. The zero-order valence-electron chi connectivity index (χ0n) is 13.2. The van der Waals surface area contributed by atoms with Gasteiger partial charge in [-0.2, -0.15) is 10.1 Å². The van der Waals surface area contributed by atoms with Gasteiger partial charge in [-0.1, -0.05) is 12.1 Å². The molecule has 0 aliphatic carbocycles. The Balaban J connectivity index is 1.73. The van der Waals surface area contributed by atoms with Crippen LogP contribution in [0, 0.1) is 6.92 Å². The third-order valence-corrected chi connectivity index (χ3v) is 3.79. The molecule has 0 radical (unpaired) electrons. The maximum atomic E-state index is 11.7. The topological polar surface area (TPSA) is 102 Å². The number of aryl methyl sites for hydroxylation is 2. The average molecular weight is 325 g/mol. The van der Waals surface area contributed by atoms with Crippen LogP contribution < -0.4 is 5.69 Å². The lowest BCUT2D eigenvalue weighted by Gasteiger charge is -1.94. The number of nitrogens with one attached hydrogen (secondary N) is 1. The summed E-state index contributed by atoms with van der Waals surface area (Å²) >= 11 is 0. The summed E-state index contributed by atoms with van der Waals surface area (Å²) in [6.45, 7) is 3.96. The molecule has 4 rings (SSSR count). The van der Waals surface area contributed by atoms with Crippen molar-refractivity contribution in [2.75, 3.05) is 0 Å². The standard InChI is InChI=1S/C16H15N5O3/c1-3-4-11-7-12(9(2)23-11)15-17-14(20-24-15)10-5-6-13-18-19-16(22)21(13)8-10/h5-8H,3-4H2,1-2H3,(H,19,22). The van der Waals surface area contributed by atoms with E-state index in [9.17, 15) is 4.79 Å². The molecule has 4 aromatic heterocycles. The zero-order valence-corrected chi connectivity index (χ0v) is 13.2. The number of aromatic amines is 1. The van der Waals surface area contributed by atoms with Crippen molar-refractivity contribution in [2.24, 2.45) is 0 Å². The predicted octanol–water partition coefficient (Wildman–Crippen LogP) is 2.59. The summed E-state index contributed by atoms with van der Waals surface area (Å²) in [4.78, 5) is 16.1. The second-order valence-corrected chi connectivity index (χ2v) is 5.53. The fourth-order valence-corrected chi connectivity index (χ4v) is 2.61. The van der Waals surface area contributed by atoms with Crippen LogP contribution in [0.15, 0.2) is 38.1 Å². The van der Waals surface area contributed by atoms with Crippen LogP contribution in [0.1, 0.15) is 24.9 Å². The molecule has 0 atom stereocenters. The molecule has 0 amide bonds. The van der Waals surface area contributed by atoms with Gasteiger partial charge in [-0.3, -0.25) is 0 Å². The maximum Gasteiger partial charge on any atom is 0.347 e. The van der Waals surface area contributed by atoms with Gasteiger partial charge in [-0.25, -0.2) is 14.3 Å². The Morgan fingerprint density at radius 2 is 2.21 bits per heavy atom. The van der Waals surface area contributed by atoms with Gasteiger partial charge in [0, 0.05) is 18.2 Å². The Bertz CT molecular complexity index is 1070. The molecule has 0 unspecified atom stereocenters. The van der Waals surface area contributed by atoms with Gasteiger partial charge in [0.1, 0.15) is 11.5 Å². The molecule has 0 saturated carbocycles. The van der Waals surface area contributed by atoms with Crippen molar-refractivity contribution in [1.29, 1.82) is 0 Å². The van der Waals surface area contributed by atoms with E-state index < -0.39 is 0 Å². The Hall–Kier alpha value is -3.16. The predicted molar refractivity (Wildman–Crippen MR) is 85.5 cm³/mol. The number of nitrogens with zero attached hydrogens (tertiary/aromatic N) is 4. The normalized spacial score (nSPS) is 11.4. The van der Waals surface area contributed by atoms with E-state index in [-0.39, 0.29) is 5.69 Å². The van der Waals surface area contributed by atoms with Crippen molar-refractivity contribution in [3.8, 4) is 22.8 Å². The van der Waals surface area contributed by atoms with E-state index in [0.717, 1.165) is 29.9 Å². The lowest BCUT2D eigenvalue weighted by molar-refractivity contribution is 0.430. The number of fused-ring (bicyclic) bond motifs is 1. The summed E-state index contributed by atoms with van der Waals surface area (Å²) in [5, 5.41) is 10.3. The Kier molecular flexibility index (Phi) is 3.30. The molecule has 122 valence electrons. The van der Waals surface area contributed by atoms with Crippen molar-refractivity contribution in [3.05, 3.63) is 46.4 Å². The van der Waals surface area contributed by atoms with Crippen LogP contribution in [-0.2, 0) is 6.42 Å². The van der Waals surface area contributed by atoms with Crippen molar-refractivity contribution in [3.63, 3.8) is 0 Å². The number of H-pyrrole nitrogens is 1. The minimum atomic E-state index is -0.314. The summed E-state index contributed by atoms with van der Waals surface area (Å²) < 4.78 is 12.5. The first-order chi connectivity index (χ1) is 11.7. The van der Waals surface area contributed by atoms with Gasteiger partial charge in [-0.05, 0) is 31.5 Å². The molecule has 0 bridgehead atoms. The van der Waals surface area contributed by atoms with Crippen LogP contribution in [0.25, 0.3) is 28.5 Å². The second kappa shape index (κ2) is 5.48. The molecule has 24 heavy (non-hydrogen) atoms. The third kappa shape index (κ3) is 2.32. The average Bonchev–Trinajstić information content (AvgIpc) is 3.27. The van der Waals surface area contributed by atoms with Crippen molar-refractivity contribution in [1.82, 2.24) is 24.7 Å². The molecule has 8 nitrogen and oxygen atoms in total. The number of pyridine rings is 1. The molecule has 8 heteroatoms. The van der Waals surface area contributed by atoms with Gasteiger partial charge in [0.15, 0.2) is 5.65 Å². The number of hydrogen-bond acceptors (Lipinski definition) is 6. The molecular weight excluding hydrogens is 310 g/mol. The molecule has 0 aromatic carbocycles. The van der Waals surface area contributed by atoms with E-state index in [2.05, 4.69) is 27.3 Å². The minimum absolute atomic E-state index is 0.314. The van der Waals surface area contributed by atoms with E-state index in [1.54, 1.807) is 18.3 Å². The largest absolute Gasteiger partial charge is 0.466 e. The van der Waals surface area contributed by atoms with Gasteiger partial charge >= 0.3 is 5.69 Å². The van der Waals surface area contributed by atoms with Crippen LogP contribution in [0.2, 0.25) is 0 Å². The maximum absolute atomic E-state index is 11.7.